The van der Waals surface area contributed by atoms with Gasteiger partial charge in [0.1, 0.15) is 0 Å². The van der Waals surface area contributed by atoms with Gasteiger partial charge in [-0.1, -0.05) is 19.9 Å². The normalized spacial score (nSPS) is 16.5. The molecule has 1 unspecified atom stereocenters. The molecule has 13 heavy (non-hydrogen) atoms. The van der Waals surface area contributed by atoms with Gasteiger partial charge in [0.05, 0.1) is 5.92 Å². The number of halogens is 3. The van der Waals surface area contributed by atoms with Crippen molar-refractivity contribution in [3.05, 3.63) is 11.0 Å². The van der Waals surface area contributed by atoms with Gasteiger partial charge in [-0.25, -0.2) is 0 Å². The minimum Gasteiger partial charge on any atom is -0.170 e. The van der Waals surface area contributed by atoms with Gasteiger partial charge in [-0.2, -0.15) is 13.2 Å². The van der Waals surface area contributed by atoms with Crippen molar-refractivity contribution >= 4 is 11.8 Å². The number of rotatable bonds is 3. The van der Waals surface area contributed by atoms with Crippen molar-refractivity contribution in [3.8, 4) is 0 Å². The van der Waals surface area contributed by atoms with Crippen LogP contribution in [0.1, 0.15) is 27.7 Å². The van der Waals surface area contributed by atoms with Crippen LogP contribution in [0.25, 0.3) is 0 Å². The molecule has 0 N–H and O–H groups in total. The fourth-order valence-corrected chi connectivity index (χ4v) is 1.87. The van der Waals surface area contributed by atoms with E-state index in [1.807, 2.05) is 13.8 Å². The van der Waals surface area contributed by atoms with Gasteiger partial charge in [0, 0.05) is 5.25 Å². The summed E-state index contributed by atoms with van der Waals surface area (Å²) >= 11 is 1.28. The molecule has 0 aliphatic rings. The van der Waals surface area contributed by atoms with Crippen LogP contribution in [0.4, 0.5) is 13.2 Å². The van der Waals surface area contributed by atoms with Crippen LogP contribution in [0.5, 0.6) is 0 Å². The van der Waals surface area contributed by atoms with Gasteiger partial charge < -0.3 is 0 Å². The minimum atomic E-state index is -4.12. The Balaban J connectivity index is 4.43. The summed E-state index contributed by atoms with van der Waals surface area (Å²) in [7, 11) is 0. The molecule has 0 aliphatic heterocycles. The summed E-state index contributed by atoms with van der Waals surface area (Å²) in [5.41, 5.74) is 0. The van der Waals surface area contributed by atoms with Crippen LogP contribution in [0.15, 0.2) is 11.0 Å². The smallest absolute Gasteiger partial charge is 0.170 e. The molecular formula is C9H15F3S. The molecule has 0 radical (unpaired) electrons. The maximum absolute atomic E-state index is 12.3. The van der Waals surface area contributed by atoms with Crippen LogP contribution in [0.3, 0.4) is 0 Å². The third kappa shape index (κ3) is 4.60. The number of alkyl halides is 3. The lowest BCUT2D eigenvalue weighted by molar-refractivity contribution is -0.157. The van der Waals surface area contributed by atoms with Crippen molar-refractivity contribution in [1.29, 1.82) is 0 Å². The zero-order valence-electron chi connectivity index (χ0n) is 8.27. The third-order valence-electron chi connectivity index (χ3n) is 1.57. The fourth-order valence-electron chi connectivity index (χ4n) is 0.854. The van der Waals surface area contributed by atoms with E-state index < -0.39 is 12.1 Å². The van der Waals surface area contributed by atoms with Crippen LogP contribution in [0, 0.1) is 5.92 Å². The third-order valence-corrected chi connectivity index (χ3v) is 2.91. The molecule has 0 saturated heterocycles. The van der Waals surface area contributed by atoms with Gasteiger partial charge >= 0.3 is 6.18 Å². The van der Waals surface area contributed by atoms with E-state index >= 15 is 0 Å². The van der Waals surface area contributed by atoms with Crippen LogP contribution < -0.4 is 0 Å². The topological polar surface area (TPSA) is 0 Å². The Morgan fingerprint density at radius 2 is 1.69 bits per heavy atom. The van der Waals surface area contributed by atoms with Crippen molar-refractivity contribution in [2.24, 2.45) is 5.92 Å². The molecule has 0 amide bonds. The highest BCUT2D eigenvalue weighted by molar-refractivity contribution is 8.03. The molecule has 0 spiro atoms. The molecule has 0 aromatic carbocycles. The Labute approximate surface area is 81.6 Å². The van der Waals surface area contributed by atoms with Crippen LogP contribution in [-0.2, 0) is 0 Å². The SMILES string of the molecule is C/C=C(\SC(C)C)C(C)C(F)(F)F. The second kappa shape index (κ2) is 4.94. The molecule has 1 atom stereocenters. The summed E-state index contributed by atoms with van der Waals surface area (Å²) in [6, 6.07) is 0. The molecule has 0 aromatic heterocycles. The van der Waals surface area contributed by atoms with E-state index in [1.54, 1.807) is 13.0 Å². The average Bonchev–Trinajstić information content (AvgIpc) is 1.96. The first-order valence-corrected chi connectivity index (χ1v) is 5.06. The summed E-state index contributed by atoms with van der Waals surface area (Å²) in [5, 5.41) is 0.191. The zero-order valence-corrected chi connectivity index (χ0v) is 9.09. The Bertz CT molecular complexity index is 182. The minimum absolute atomic E-state index is 0.191. The number of hydrogen-bond donors (Lipinski definition) is 0. The highest BCUT2D eigenvalue weighted by atomic mass is 32.2. The van der Waals surface area contributed by atoms with E-state index in [1.165, 1.54) is 18.7 Å². The molecule has 0 bridgehead atoms. The summed E-state index contributed by atoms with van der Waals surface area (Å²) in [6.45, 7) is 6.62. The number of hydrogen-bond acceptors (Lipinski definition) is 1. The summed E-state index contributed by atoms with van der Waals surface area (Å²) in [4.78, 5) is 0.405. The molecule has 0 aliphatic carbocycles. The Morgan fingerprint density at radius 1 is 1.23 bits per heavy atom. The lowest BCUT2D eigenvalue weighted by atomic mass is 10.1. The number of thioether (sulfide) groups is 1. The first-order valence-electron chi connectivity index (χ1n) is 4.18. The van der Waals surface area contributed by atoms with Crippen molar-refractivity contribution < 1.29 is 13.2 Å². The van der Waals surface area contributed by atoms with Crippen molar-refractivity contribution in [2.75, 3.05) is 0 Å². The Morgan fingerprint density at radius 3 is 1.92 bits per heavy atom. The summed E-state index contributed by atoms with van der Waals surface area (Å²) < 4.78 is 36.8. The van der Waals surface area contributed by atoms with E-state index in [9.17, 15) is 13.2 Å². The Kier molecular flexibility index (Phi) is 4.89. The van der Waals surface area contributed by atoms with Gasteiger partial charge in [-0.3, -0.25) is 0 Å². The van der Waals surface area contributed by atoms with E-state index in [0.717, 1.165) is 0 Å². The van der Waals surface area contributed by atoms with Crippen LogP contribution in [-0.4, -0.2) is 11.4 Å². The summed E-state index contributed by atoms with van der Waals surface area (Å²) in [5.74, 6) is -1.34. The van der Waals surface area contributed by atoms with Crippen LogP contribution >= 0.6 is 11.8 Å². The predicted octanol–water partition coefficient (Wildman–Crippen LogP) is 4.23. The van der Waals surface area contributed by atoms with Gasteiger partial charge in [-0.05, 0) is 18.8 Å². The summed E-state index contributed by atoms with van der Waals surface area (Å²) in [6.07, 6.45) is -2.58. The molecule has 0 aromatic rings. The first-order chi connectivity index (χ1) is 5.79. The van der Waals surface area contributed by atoms with Gasteiger partial charge in [-0.15, -0.1) is 11.8 Å². The van der Waals surface area contributed by atoms with E-state index in [0.29, 0.717) is 4.91 Å². The van der Waals surface area contributed by atoms with E-state index in [-0.39, 0.29) is 5.25 Å². The molecule has 78 valence electrons. The maximum atomic E-state index is 12.3. The highest BCUT2D eigenvalue weighted by Crippen LogP contribution is 2.38. The maximum Gasteiger partial charge on any atom is 0.395 e. The molecule has 0 nitrogen and oxygen atoms in total. The average molecular weight is 212 g/mol. The van der Waals surface area contributed by atoms with E-state index in [2.05, 4.69) is 0 Å². The highest BCUT2D eigenvalue weighted by Gasteiger charge is 2.38. The van der Waals surface area contributed by atoms with Crippen molar-refractivity contribution in [1.82, 2.24) is 0 Å². The first kappa shape index (κ1) is 12.9. The predicted molar refractivity (Wildman–Crippen MR) is 51.7 cm³/mol. The van der Waals surface area contributed by atoms with Crippen molar-refractivity contribution in [3.63, 3.8) is 0 Å². The van der Waals surface area contributed by atoms with E-state index in [4.69, 9.17) is 0 Å². The molecule has 0 heterocycles. The largest absolute Gasteiger partial charge is 0.395 e. The second-order valence-electron chi connectivity index (χ2n) is 3.12. The fraction of sp³-hybridized carbons (Fsp3) is 0.778. The lowest BCUT2D eigenvalue weighted by Gasteiger charge is -2.19. The van der Waals surface area contributed by atoms with Gasteiger partial charge in [0.2, 0.25) is 0 Å². The zero-order chi connectivity index (χ0) is 10.6. The molecule has 0 saturated carbocycles. The molecular weight excluding hydrogens is 197 g/mol. The van der Waals surface area contributed by atoms with Crippen LogP contribution in [0.2, 0.25) is 0 Å². The Hall–Kier alpha value is -0.120. The van der Waals surface area contributed by atoms with Gasteiger partial charge in [0.25, 0.3) is 0 Å². The molecule has 0 rings (SSSR count). The molecule has 0 fully saturated rings. The second-order valence-corrected chi connectivity index (χ2v) is 4.77. The standard InChI is InChI=1S/C9H15F3S/c1-5-8(13-6(2)3)7(4)9(10,11)12/h5-7H,1-4H3/b8-5-. The number of allylic oxidation sites excluding steroid dienone is 2. The van der Waals surface area contributed by atoms with Gasteiger partial charge in [0.15, 0.2) is 0 Å². The monoisotopic (exact) mass is 212 g/mol. The lowest BCUT2D eigenvalue weighted by Crippen LogP contribution is -2.21. The quantitative estimate of drug-likeness (QED) is 0.674. The van der Waals surface area contributed by atoms with Crippen molar-refractivity contribution in [2.45, 2.75) is 39.1 Å². The molecule has 4 heteroatoms.